The fourth-order valence-electron chi connectivity index (χ4n) is 2.49. The third kappa shape index (κ3) is 3.59. The highest BCUT2D eigenvalue weighted by atomic mass is 16.6. The highest BCUT2D eigenvalue weighted by Crippen LogP contribution is 2.33. The molecule has 0 atom stereocenters. The minimum atomic E-state index is 0.387. The molecule has 0 unspecified atom stereocenters. The normalized spacial score (nSPS) is 12.3. The van der Waals surface area contributed by atoms with Crippen LogP contribution >= 0.6 is 0 Å². The second kappa shape index (κ2) is 7.14. The molecule has 132 valence electrons. The molecule has 8 nitrogen and oxygen atoms in total. The standard InChI is InChI=1S/C18H17N5O3/c1-24-14-5-2-12(3-6-14)21-18-22-17(11-19-23-18)20-13-4-7-15-16(10-13)26-9-8-25-15/h2-7,10-11H,8-9H2,1H3,(H2,20,21,22,23). The van der Waals surface area contributed by atoms with Gasteiger partial charge >= 0.3 is 0 Å². The molecule has 0 saturated heterocycles. The van der Waals surface area contributed by atoms with Crippen molar-refractivity contribution in [2.24, 2.45) is 0 Å². The summed E-state index contributed by atoms with van der Waals surface area (Å²) in [4.78, 5) is 4.42. The maximum atomic E-state index is 5.59. The molecule has 0 saturated carbocycles. The van der Waals surface area contributed by atoms with E-state index >= 15 is 0 Å². The molecular formula is C18H17N5O3. The molecule has 1 aromatic heterocycles. The lowest BCUT2D eigenvalue weighted by molar-refractivity contribution is 0.171. The van der Waals surface area contributed by atoms with Gasteiger partial charge in [-0.1, -0.05) is 0 Å². The van der Waals surface area contributed by atoms with Gasteiger partial charge in [0.25, 0.3) is 0 Å². The van der Waals surface area contributed by atoms with Gasteiger partial charge in [-0.2, -0.15) is 10.1 Å². The first-order valence-electron chi connectivity index (χ1n) is 8.08. The summed E-state index contributed by atoms with van der Waals surface area (Å²) in [6.07, 6.45) is 1.55. The molecular weight excluding hydrogens is 334 g/mol. The van der Waals surface area contributed by atoms with Crippen LogP contribution in [0.5, 0.6) is 17.2 Å². The van der Waals surface area contributed by atoms with Gasteiger partial charge in [-0.3, -0.25) is 0 Å². The molecule has 8 heteroatoms. The van der Waals surface area contributed by atoms with Gasteiger partial charge in [0.1, 0.15) is 19.0 Å². The first-order chi connectivity index (χ1) is 12.8. The summed E-state index contributed by atoms with van der Waals surface area (Å²) in [5.74, 6) is 3.18. The third-order valence-electron chi connectivity index (χ3n) is 3.72. The molecule has 0 fully saturated rings. The minimum absolute atomic E-state index is 0.387. The maximum Gasteiger partial charge on any atom is 0.249 e. The molecule has 1 aliphatic heterocycles. The fraction of sp³-hybridized carbons (Fsp3) is 0.167. The van der Waals surface area contributed by atoms with Crippen LogP contribution in [-0.4, -0.2) is 35.5 Å². The second-order valence-corrected chi connectivity index (χ2v) is 5.50. The van der Waals surface area contributed by atoms with Gasteiger partial charge in [-0.15, -0.1) is 5.10 Å². The van der Waals surface area contributed by atoms with Gasteiger partial charge in [0.05, 0.1) is 13.3 Å². The predicted octanol–water partition coefficient (Wildman–Crippen LogP) is 3.14. The van der Waals surface area contributed by atoms with Crippen LogP contribution in [0.3, 0.4) is 0 Å². The van der Waals surface area contributed by atoms with Crippen molar-refractivity contribution in [2.45, 2.75) is 0 Å². The Balaban J connectivity index is 1.48. The van der Waals surface area contributed by atoms with Crippen LogP contribution in [0.15, 0.2) is 48.7 Å². The number of hydrogen-bond acceptors (Lipinski definition) is 8. The Hall–Kier alpha value is -3.55. The summed E-state index contributed by atoms with van der Waals surface area (Å²) in [5.41, 5.74) is 1.66. The number of fused-ring (bicyclic) bond motifs is 1. The van der Waals surface area contributed by atoms with E-state index in [0.29, 0.717) is 30.7 Å². The third-order valence-corrected chi connectivity index (χ3v) is 3.72. The molecule has 2 heterocycles. The van der Waals surface area contributed by atoms with E-state index in [0.717, 1.165) is 22.9 Å². The number of aromatic nitrogens is 3. The Morgan fingerprint density at radius 2 is 1.69 bits per heavy atom. The fourth-order valence-corrected chi connectivity index (χ4v) is 2.49. The van der Waals surface area contributed by atoms with E-state index in [1.54, 1.807) is 13.3 Å². The predicted molar refractivity (Wildman–Crippen MR) is 96.8 cm³/mol. The van der Waals surface area contributed by atoms with Crippen LogP contribution in [0.25, 0.3) is 0 Å². The number of benzene rings is 2. The molecule has 0 bridgehead atoms. The summed E-state index contributed by atoms with van der Waals surface area (Å²) in [5, 5.41) is 14.3. The molecule has 0 aliphatic carbocycles. The van der Waals surface area contributed by atoms with Crippen LogP contribution in [0.1, 0.15) is 0 Å². The van der Waals surface area contributed by atoms with Crippen molar-refractivity contribution >= 4 is 23.1 Å². The van der Waals surface area contributed by atoms with Gasteiger partial charge in [0.2, 0.25) is 5.95 Å². The van der Waals surface area contributed by atoms with Crippen LogP contribution in [0.4, 0.5) is 23.1 Å². The lowest BCUT2D eigenvalue weighted by atomic mass is 10.2. The van der Waals surface area contributed by atoms with Crippen molar-refractivity contribution in [3.63, 3.8) is 0 Å². The van der Waals surface area contributed by atoms with Crippen LogP contribution in [0, 0.1) is 0 Å². The summed E-state index contributed by atoms with van der Waals surface area (Å²) in [6, 6.07) is 13.1. The molecule has 0 amide bonds. The molecule has 0 spiro atoms. The number of ether oxygens (including phenoxy) is 3. The number of nitrogens with one attached hydrogen (secondary N) is 2. The molecule has 26 heavy (non-hydrogen) atoms. The van der Waals surface area contributed by atoms with E-state index in [9.17, 15) is 0 Å². The first-order valence-corrected chi connectivity index (χ1v) is 8.08. The zero-order valence-corrected chi connectivity index (χ0v) is 14.1. The number of nitrogens with zero attached hydrogens (tertiary/aromatic N) is 3. The van der Waals surface area contributed by atoms with Crippen molar-refractivity contribution in [3.05, 3.63) is 48.7 Å². The summed E-state index contributed by atoms with van der Waals surface area (Å²) < 4.78 is 16.3. The second-order valence-electron chi connectivity index (χ2n) is 5.50. The van der Waals surface area contributed by atoms with Crippen LogP contribution in [-0.2, 0) is 0 Å². The molecule has 1 aliphatic rings. The Bertz CT molecular complexity index is 902. The van der Waals surface area contributed by atoms with E-state index in [1.165, 1.54) is 0 Å². The lowest BCUT2D eigenvalue weighted by Crippen LogP contribution is -2.15. The Morgan fingerprint density at radius 3 is 2.50 bits per heavy atom. The zero-order valence-electron chi connectivity index (χ0n) is 14.1. The average molecular weight is 351 g/mol. The topological polar surface area (TPSA) is 90.4 Å². The Labute approximate surface area is 150 Å². The number of rotatable bonds is 5. The van der Waals surface area contributed by atoms with Gasteiger partial charge in [-0.25, -0.2) is 0 Å². The number of methoxy groups -OCH3 is 1. The number of hydrogen-bond donors (Lipinski definition) is 2. The summed E-state index contributed by atoms with van der Waals surface area (Å²) in [7, 11) is 1.63. The molecule has 2 N–H and O–H groups in total. The minimum Gasteiger partial charge on any atom is -0.497 e. The van der Waals surface area contributed by atoms with Crippen molar-refractivity contribution in [1.29, 1.82) is 0 Å². The van der Waals surface area contributed by atoms with E-state index in [1.807, 2.05) is 42.5 Å². The SMILES string of the molecule is COc1ccc(Nc2nncc(Nc3ccc4c(c3)OCCO4)n2)cc1. The smallest absolute Gasteiger partial charge is 0.249 e. The van der Waals surface area contributed by atoms with Crippen molar-refractivity contribution in [1.82, 2.24) is 15.2 Å². The highest BCUT2D eigenvalue weighted by Gasteiger charge is 2.12. The average Bonchev–Trinajstić information content (AvgIpc) is 2.69. The largest absolute Gasteiger partial charge is 0.497 e. The van der Waals surface area contributed by atoms with E-state index in [-0.39, 0.29) is 0 Å². The van der Waals surface area contributed by atoms with Gasteiger partial charge in [0, 0.05) is 17.4 Å². The van der Waals surface area contributed by atoms with Crippen molar-refractivity contribution in [3.8, 4) is 17.2 Å². The summed E-state index contributed by atoms with van der Waals surface area (Å²) in [6.45, 7) is 1.11. The van der Waals surface area contributed by atoms with Crippen molar-refractivity contribution < 1.29 is 14.2 Å². The van der Waals surface area contributed by atoms with E-state index in [2.05, 4.69) is 25.8 Å². The van der Waals surface area contributed by atoms with Gasteiger partial charge in [0.15, 0.2) is 17.3 Å². The maximum absolute atomic E-state index is 5.59. The van der Waals surface area contributed by atoms with E-state index < -0.39 is 0 Å². The number of anilines is 4. The first kappa shape index (κ1) is 15.9. The van der Waals surface area contributed by atoms with Gasteiger partial charge < -0.3 is 24.8 Å². The van der Waals surface area contributed by atoms with Crippen molar-refractivity contribution in [2.75, 3.05) is 31.0 Å². The molecule has 3 aromatic rings. The van der Waals surface area contributed by atoms with Gasteiger partial charge in [-0.05, 0) is 36.4 Å². The quantitative estimate of drug-likeness (QED) is 0.724. The Morgan fingerprint density at radius 1 is 0.923 bits per heavy atom. The highest BCUT2D eigenvalue weighted by molar-refractivity contribution is 5.62. The lowest BCUT2D eigenvalue weighted by Gasteiger charge is -2.19. The van der Waals surface area contributed by atoms with Crippen LogP contribution in [0.2, 0.25) is 0 Å². The summed E-state index contributed by atoms with van der Waals surface area (Å²) >= 11 is 0. The van der Waals surface area contributed by atoms with Crippen LogP contribution < -0.4 is 24.8 Å². The molecule has 0 radical (unpaired) electrons. The molecule has 2 aromatic carbocycles. The monoisotopic (exact) mass is 351 g/mol. The molecule has 4 rings (SSSR count). The zero-order chi connectivity index (χ0) is 17.8. The Kier molecular flexibility index (Phi) is 4.38. The van der Waals surface area contributed by atoms with E-state index in [4.69, 9.17) is 14.2 Å².